The van der Waals surface area contributed by atoms with Crippen LogP contribution in [0.2, 0.25) is 0 Å². The number of aliphatic hydroxyl groups excluding tert-OH is 1. The Bertz CT molecular complexity index is 908. The van der Waals surface area contributed by atoms with E-state index in [2.05, 4.69) is 30.0 Å². The Hall–Kier alpha value is -2.59. The highest BCUT2D eigenvalue weighted by Crippen LogP contribution is 2.28. The van der Waals surface area contributed by atoms with E-state index in [9.17, 15) is 5.11 Å². The van der Waals surface area contributed by atoms with E-state index >= 15 is 0 Å². The summed E-state index contributed by atoms with van der Waals surface area (Å²) in [7, 11) is 0. The van der Waals surface area contributed by atoms with Gasteiger partial charge in [0.2, 0.25) is 0 Å². The van der Waals surface area contributed by atoms with Crippen molar-refractivity contribution in [1.82, 2.24) is 4.98 Å². The maximum absolute atomic E-state index is 9.86. The van der Waals surface area contributed by atoms with Crippen LogP contribution in [0.5, 0.6) is 5.75 Å². The zero-order valence-corrected chi connectivity index (χ0v) is 15.8. The van der Waals surface area contributed by atoms with Crippen molar-refractivity contribution < 1.29 is 9.84 Å². The summed E-state index contributed by atoms with van der Waals surface area (Å²) in [6.07, 6.45) is 2.27. The van der Waals surface area contributed by atoms with Gasteiger partial charge in [-0.2, -0.15) is 0 Å². The molecule has 0 aliphatic carbocycles. The van der Waals surface area contributed by atoms with Crippen LogP contribution in [0.15, 0.2) is 54.6 Å². The lowest BCUT2D eigenvalue weighted by atomic mass is 9.98. The summed E-state index contributed by atoms with van der Waals surface area (Å²) in [4.78, 5) is 7.17. The lowest BCUT2D eigenvalue weighted by Crippen LogP contribution is -2.38. The predicted octanol–water partition coefficient (Wildman–Crippen LogP) is 4.33. The first kappa shape index (κ1) is 17.8. The van der Waals surface area contributed by atoms with Gasteiger partial charge in [0.1, 0.15) is 11.6 Å². The fourth-order valence-electron chi connectivity index (χ4n) is 3.78. The molecule has 1 aliphatic heterocycles. The van der Waals surface area contributed by atoms with E-state index in [1.165, 1.54) is 5.56 Å². The second kappa shape index (κ2) is 7.97. The number of aromatic nitrogens is 1. The van der Waals surface area contributed by atoms with Crippen molar-refractivity contribution >= 4 is 16.7 Å². The molecule has 140 valence electrons. The summed E-state index contributed by atoms with van der Waals surface area (Å²) in [5.74, 6) is 2.30. The molecule has 4 heteroatoms. The van der Waals surface area contributed by atoms with Gasteiger partial charge < -0.3 is 14.7 Å². The lowest BCUT2D eigenvalue weighted by molar-refractivity contribution is 0.228. The van der Waals surface area contributed by atoms with Crippen molar-refractivity contribution in [2.75, 3.05) is 24.6 Å². The van der Waals surface area contributed by atoms with Gasteiger partial charge in [0, 0.05) is 30.0 Å². The third-order valence-corrected chi connectivity index (χ3v) is 5.28. The molecule has 0 spiro atoms. The molecule has 27 heavy (non-hydrogen) atoms. The van der Waals surface area contributed by atoms with Crippen molar-refractivity contribution in [1.29, 1.82) is 0 Å². The van der Waals surface area contributed by atoms with Crippen LogP contribution in [0.3, 0.4) is 0 Å². The van der Waals surface area contributed by atoms with Crippen LogP contribution in [0.1, 0.15) is 24.0 Å². The first-order chi connectivity index (χ1) is 13.2. The molecule has 4 nitrogen and oxygen atoms in total. The van der Waals surface area contributed by atoms with Crippen molar-refractivity contribution in [2.24, 2.45) is 5.92 Å². The molecule has 1 saturated heterocycles. The predicted molar refractivity (Wildman–Crippen MR) is 109 cm³/mol. The molecule has 2 aromatic carbocycles. The van der Waals surface area contributed by atoms with Gasteiger partial charge in [0.25, 0.3) is 0 Å². The molecular weight excluding hydrogens is 336 g/mol. The molecule has 0 radical (unpaired) electrons. The van der Waals surface area contributed by atoms with E-state index < -0.39 is 0 Å². The SMILES string of the molecule is Cc1ccc(OC[C@@H]2CCCN(c3nc4ccccc4cc3CO)C2)cc1. The fourth-order valence-corrected chi connectivity index (χ4v) is 3.78. The highest BCUT2D eigenvalue weighted by Gasteiger charge is 2.23. The zero-order valence-electron chi connectivity index (χ0n) is 15.8. The number of hydrogen-bond acceptors (Lipinski definition) is 4. The number of fused-ring (bicyclic) bond motifs is 1. The average Bonchev–Trinajstić information content (AvgIpc) is 2.72. The summed E-state index contributed by atoms with van der Waals surface area (Å²) in [5.41, 5.74) is 3.11. The molecule has 1 fully saturated rings. The molecule has 1 atom stereocenters. The van der Waals surface area contributed by atoms with E-state index in [0.29, 0.717) is 12.5 Å². The molecule has 0 bridgehead atoms. The highest BCUT2D eigenvalue weighted by molar-refractivity contribution is 5.81. The molecule has 1 aromatic heterocycles. The third-order valence-electron chi connectivity index (χ3n) is 5.28. The Morgan fingerprint density at radius 2 is 1.96 bits per heavy atom. The van der Waals surface area contributed by atoms with Crippen LogP contribution in [-0.4, -0.2) is 29.8 Å². The Labute approximate surface area is 160 Å². The minimum atomic E-state index is 0.00814. The number of para-hydroxylation sites is 1. The van der Waals surface area contributed by atoms with Crippen LogP contribution < -0.4 is 9.64 Å². The zero-order chi connectivity index (χ0) is 18.6. The Morgan fingerprint density at radius 3 is 2.78 bits per heavy atom. The van der Waals surface area contributed by atoms with Gasteiger partial charge >= 0.3 is 0 Å². The van der Waals surface area contributed by atoms with Crippen LogP contribution >= 0.6 is 0 Å². The second-order valence-corrected chi connectivity index (χ2v) is 7.40. The topological polar surface area (TPSA) is 45.6 Å². The van der Waals surface area contributed by atoms with Gasteiger partial charge in [-0.05, 0) is 44.0 Å². The number of hydrogen-bond donors (Lipinski definition) is 1. The summed E-state index contributed by atoms with van der Waals surface area (Å²) in [6.45, 7) is 4.68. The number of anilines is 1. The largest absolute Gasteiger partial charge is 0.493 e. The number of pyridine rings is 1. The van der Waals surface area contributed by atoms with Crippen molar-refractivity contribution in [3.05, 3.63) is 65.7 Å². The molecule has 0 unspecified atom stereocenters. The van der Waals surface area contributed by atoms with E-state index in [0.717, 1.165) is 54.0 Å². The van der Waals surface area contributed by atoms with Crippen LogP contribution in [0, 0.1) is 12.8 Å². The molecule has 4 rings (SSSR count). The Kier molecular flexibility index (Phi) is 5.26. The van der Waals surface area contributed by atoms with Crippen LogP contribution in [0.4, 0.5) is 5.82 Å². The quantitative estimate of drug-likeness (QED) is 0.734. The summed E-state index contributed by atoms with van der Waals surface area (Å²) in [5, 5.41) is 10.9. The monoisotopic (exact) mass is 362 g/mol. The Balaban J connectivity index is 1.49. The Morgan fingerprint density at radius 1 is 1.15 bits per heavy atom. The van der Waals surface area contributed by atoms with Crippen molar-refractivity contribution in [2.45, 2.75) is 26.4 Å². The number of aryl methyl sites for hydroxylation is 1. The van der Waals surface area contributed by atoms with Crippen molar-refractivity contribution in [3.63, 3.8) is 0 Å². The maximum atomic E-state index is 9.86. The van der Waals surface area contributed by atoms with Crippen molar-refractivity contribution in [3.8, 4) is 5.75 Å². The van der Waals surface area contributed by atoms with Crippen LogP contribution in [0.25, 0.3) is 10.9 Å². The maximum Gasteiger partial charge on any atom is 0.134 e. The van der Waals surface area contributed by atoms with E-state index in [4.69, 9.17) is 9.72 Å². The van der Waals surface area contributed by atoms with Gasteiger partial charge in [-0.3, -0.25) is 0 Å². The molecule has 2 heterocycles. The van der Waals surface area contributed by atoms with Gasteiger partial charge in [0.15, 0.2) is 0 Å². The molecule has 3 aromatic rings. The van der Waals surface area contributed by atoms with E-state index in [-0.39, 0.29) is 6.61 Å². The van der Waals surface area contributed by atoms with E-state index in [1.807, 2.05) is 36.4 Å². The average molecular weight is 362 g/mol. The summed E-state index contributed by atoms with van der Waals surface area (Å²) >= 11 is 0. The first-order valence-electron chi connectivity index (χ1n) is 9.67. The lowest BCUT2D eigenvalue weighted by Gasteiger charge is -2.34. The molecule has 0 saturated carbocycles. The number of nitrogens with zero attached hydrogens (tertiary/aromatic N) is 2. The molecule has 0 amide bonds. The summed E-state index contributed by atoms with van der Waals surface area (Å²) < 4.78 is 6.02. The molecular formula is C23H26N2O2. The fraction of sp³-hybridized carbons (Fsp3) is 0.348. The van der Waals surface area contributed by atoms with E-state index in [1.54, 1.807) is 0 Å². The number of ether oxygens (including phenoxy) is 1. The van der Waals surface area contributed by atoms with Gasteiger partial charge in [-0.15, -0.1) is 0 Å². The highest BCUT2D eigenvalue weighted by atomic mass is 16.5. The second-order valence-electron chi connectivity index (χ2n) is 7.40. The standard InChI is InChI=1S/C23H26N2O2/c1-17-8-10-21(11-9-17)27-16-18-5-4-12-25(14-18)23-20(15-26)13-19-6-2-3-7-22(19)24-23/h2-3,6-11,13,18,26H,4-5,12,14-16H2,1H3/t18-/m1/s1. The minimum absolute atomic E-state index is 0.00814. The molecule has 1 aliphatic rings. The number of piperidine rings is 1. The van der Waals surface area contributed by atoms with Gasteiger partial charge in [-0.25, -0.2) is 4.98 Å². The van der Waals surface area contributed by atoms with Gasteiger partial charge in [0.05, 0.1) is 18.7 Å². The minimum Gasteiger partial charge on any atom is -0.493 e. The third kappa shape index (κ3) is 4.06. The normalized spacial score (nSPS) is 17.3. The molecule has 1 N–H and O–H groups in total. The summed E-state index contributed by atoms with van der Waals surface area (Å²) in [6, 6.07) is 18.4. The smallest absolute Gasteiger partial charge is 0.134 e. The van der Waals surface area contributed by atoms with Gasteiger partial charge in [-0.1, -0.05) is 35.9 Å². The van der Waals surface area contributed by atoms with Crippen LogP contribution in [-0.2, 0) is 6.61 Å². The number of rotatable bonds is 5. The first-order valence-corrected chi connectivity index (χ1v) is 9.67. The number of benzene rings is 2. The number of aliphatic hydroxyl groups is 1.